The first-order valence-corrected chi connectivity index (χ1v) is 19.4. The van der Waals surface area contributed by atoms with E-state index in [4.69, 9.17) is 14.0 Å². The SMILES string of the molecule is CC.CC.CC.CC(C)(C)OC(=O)N1CCC=C(B2OC(C)(C)C(C)(C)O2)CC1.Cc1cc2c(Nc3ccc4scnc4c3)ccnc2s1. The summed E-state index contributed by atoms with van der Waals surface area (Å²) in [6.07, 6.45) is 5.28. The Morgan fingerprint density at radius 2 is 1.61 bits per heavy atom. The van der Waals surface area contributed by atoms with E-state index in [1.807, 2.05) is 80.1 Å². The Hall–Kier alpha value is -2.99. The second-order valence-corrected chi connectivity index (χ2v) is 15.1. The van der Waals surface area contributed by atoms with Gasteiger partial charge in [0.25, 0.3) is 0 Å². The second kappa shape index (κ2) is 18.9. The molecule has 0 radical (unpaired) electrons. The fourth-order valence-corrected chi connectivity index (χ4v) is 6.39. The van der Waals surface area contributed by atoms with E-state index in [2.05, 4.69) is 80.2 Å². The van der Waals surface area contributed by atoms with Crippen molar-refractivity contribution < 1.29 is 18.8 Å². The first kappa shape index (κ1) is 42.2. The van der Waals surface area contributed by atoms with Crippen LogP contribution < -0.4 is 5.32 Å². The van der Waals surface area contributed by atoms with Gasteiger partial charge in [0.1, 0.15) is 10.4 Å². The van der Waals surface area contributed by atoms with Crippen LogP contribution in [0.5, 0.6) is 0 Å². The number of carbonyl (C=O) groups excluding carboxylic acids is 1. The predicted octanol–water partition coefficient (Wildman–Crippen LogP) is 11.6. The van der Waals surface area contributed by atoms with E-state index in [1.54, 1.807) is 27.6 Å². The lowest BCUT2D eigenvalue weighted by Gasteiger charge is -2.32. The number of nitrogens with zero attached hydrogens (tertiary/aromatic N) is 3. The smallest absolute Gasteiger partial charge is 0.444 e. The minimum Gasteiger partial charge on any atom is -0.444 e. The van der Waals surface area contributed by atoms with Gasteiger partial charge < -0.3 is 24.3 Å². The quantitative estimate of drug-likeness (QED) is 0.212. The molecule has 0 aliphatic carbocycles. The summed E-state index contributed by atoms with van der Waals surface area (Å²) >= 11 is 3.38. The van der Waals surface area contributed by atoms with Gasteiger partial charge in [-0.15, -0.1) is 22.7 Å². The maximum atomic E-state index is 12.2. The van der Waals surface area contributed by atoms with Gasteiger partial charge in [-0.2, -0.15) is 0 Å². The van der Waals surface area contributed by atoms with E-state index in [0.29, 0.717) is 13.1 Å². The highest BCUT2D eigenvalue weighted by Gasteiger charge is 2.52. The third-order valence-corrected chi connectivity index (χ3v) is 9.62. The largest absolute Gasteiger partial charge is 0.490 e. The summed E-state index contributed by atoms with van der Waals surface area (Å²) < 4.78 is 18.9. The third kappa shape index (κ3) is 11.5. The Bertz CT molecular complexity index is 1630. The first-order chi connectivity index (χ1) is 23.2. The summed E-state index contributed by atoms with van der Waals surface area (Å²) in [7, 11) is -0.321. The Kier molecular flexibility index (Phi) is 16.2. The summed E-state index contributed by atoms with van der Waals surface area (Å²) in [5.74, 6) is 0. The lowest BCUT2D eigenvalue weighted by Crippen LogP contribution is -2.41. The van der Waals surface area contributed by atoms with Crippen LogP contribution in [-0.4, -0.2) is 58.0 Å². The van der Waals surface area contributed by atoms with Crippen LogP contribution in [0.25, 0.3) is 20.4 Å². The molecular weight excluding hydrogens is 651 g/mol. The number of nitrogens with one attached hydrogen (secondary N) is 1. The lowest BCUT2D eigenvalue weighted by atomic mass is 9.76. The number of aromatic nitrogens is 2. The maximum absolute atomic E-state index is 12.2. The summed E-state index contributed by atoms with van der Waals surface area (Å²) in [4.78, 5) is 25.1. The monoisotopic (exact) mass is 710 g/mol. The predicted molar refractivity (Wildman–Crippen MR) is 213 cm³/mol. The highest BCUT2D eigenvalue weighted by molar-refractivity contribution is 7.18. The fraction of sp³-hybridized carbons (Fsp3) is 0.553. The van der Waals surface area contributed by atoms with Crippen LogP contribution in [0, 0.1) is 6.92 Å². The molecule has 5 heterocycles. The number of ether oxygens (including phenoxy) is 1. The molecule has 1 aromatic carbocycles. The van der Waals surface area contributed by atoms with Crippen molar-refractivity contribution in [1.29, 1.82) is 0 Å². The lowest BCUT2D eigenvalue weighted by molar-refractivity contribution is 0.00578. The Morgan fingerprint density at radius 1 is 0.959 bits per heavy atom. The molecule has 6 rings (SSSR count). The number of fused-ring (bicyclic) bond motifs is 2. The molecule has 49 heavy (non-hydrogen) atoms. The van der Waals surface area contributed by atoms with Crippen LogP contribution in [0.1, 0.15) is 108 Å². The minimum absolute atomic E-state index is 0.249. The van der Waals surface area contributed by atoms with Crippen LogP contribution in [-0.2, 0) is 14.0 Å². The Labute approximate surface area is 303 Å². The number of hydrogen-bond donors (Lipinski definition) is 1. The van der Waals surface area contributed by atoms with Gasteiger partial charge in [0.2, 0.25) is 0 Å². The van der Waals surface area contributed by atoms with Crippen LogP contribution in [0.3, 0.4) is 0 Å². The van der Waals surface area contributed by atoms with Gasteiger partial charge in [0, 0.05) is 35.2 Å². The zero-order chi connectivity index (χ0) is 37.0. The van der Waals surface area contributed by atoms with E-state index in [9.17, 15) is 4.79 Å². The summed E-state index contributed by atoms with van der Waals surface area (Å²) in [6.45, 7) is 29.3. The zero-order valence-corrected chi connectivity index (χ0v) is 33.9. The minimum atomic E-state index is -0.467. The molecule has 8 nitrogen and oxygen atoms in total. The van der Waals surface area contributed by atoms with Crippen molar-refractivity contribution in [1.82, 2.24) is 14.9 Å². The van der Waals surface area contributed by atoms with Crippen LogP contribution in [0.15, 0.2) is 53.6 Å². The van der Waals surface area contributed by atoms with E-state index in [1.165, 1.54) is 15.0 Å². The van der Waals surface area contributed by atoms with Crippen molar-refractivity contribution >= 4 is 67.7 Å². The molecule has 0 unspecified atom stereocenters. The standard InChI is InChI=1S/C17H30BNO4.C15H11N3S2.3C2H6/c1-15(2,3)21-14(20)19-11-8-9-13(10-12-19)18-22-16(4,5)17(6,7)23-18;1-9-6-11-12(4-5-16-15(11)20-9)18-10-2-3-14-13(7-10)17-8-19-14;3*1-2/h9H,8,10-12H2,1-7H3;2-8H,1H3,(H,16,18);3*1-2H3. The molecule has 0 bridgehead atoms. The van der Waals surface area contributed by atoms with Crippen molar-refractivity contribution in [2.75, 3.05) is 18.4 Å². The number of thiophene rings is 1. The summed E-state index contributed by atoms with van der Waals surface area (Å²) in [5.41, 5.74) is 5.04. The van der Waals surface area contributed by atoms with E-state index in [0.717, 1.165) is 40.0 Å². The Balaban J connectivity index is 0.000000297. The van der Waals surface area contributed by atoms with Crippen molar-refractivity contribution in [3.63, 3.8) is 0 Å². The summed E-state index contributed by atoms with van der Waals surface area (Å²) in [6, 6.07) is 10.5. The topological polar surface area (TPSA) is 85.8 Å². The molecule has 270 valence electrons. The van der Waals surface area contributed by atoms with Crippen LogP contribution in [0.4, 0.5) is 16.2 Å². The number of pyridine rings is 1. The molecule has 2 aliphatic heterocycles. The fourth-order valence-electron chi connectivity index (χ4n) is 4.86. The molecule has 0 atom stereocenters. The number of benzene rings is 1. The molecule has 4 aromatic rings. The first-order valence-electron chi connectivity index (χ1n) is 17.7. The Morgan fingerprint density at radius 3 is 2.24 bits per heavy atom. The second-order valence-electron chi connectivity index (χ2n) is 13.0. The zero-order valence-electron chi connectivity index (χ0n) is 32.3. The van der Waals surface area contributed by atoms with Gasteiger partial charge in [-0.1, -0.05) is 47.6 Å². The molecule has 11 heteroatoms. The van der Waals surface area contributed by atoms with Crippen molar-refractivity contribution in [3.05, 3.63) is 58.5 Å². The average Bonchev–Trinajstić information content (AvgIpc) is 3.67. The number of amides is 1. The molecule has 3 aromatic heterocycles. The third-order valence-electron chi connectivity index (χ3n) is 7.85. The van der Waals surface area contributed by atoms with E-state index < -0.39 is 5.60 Å². The van der Waals surface area contributed by atoms with Gasteiger partial charge in [-0.25, -0.2) is 14.8 Å². The van der Waals surface area contributed by atoms with Crippen LogP contribution in [0.2, 0.25) is 0 Å². The van der Waals surface area contributed by atoms with E-state index in [-0.39, 0.29) is 24.4 Å². The molecule has 1 amide bonds. The maximum Gasteiger partial charge on any atom is 0.490 e. The molecule has 0 spiro atoms. The molecule has 1 fully saturated rings. The highest BCUT2D eigenvalue weighted by Crippen LogP contribution is 2.39. The normalized spacial score (nSPS) is 16.3. The highest BCUT2D eigenvalue weighted by atomic mass is 32.1. The van der Waals surface area contributed by atoms with Crippen LogP contribution >= 0.6 is 22.7 Å². The number of aryl methyl sites for hydroxylation is 1. The summed E-state index contributed by atoms with van der Waals surface area (Å²) in [5, 5.41) is 4.65. The molecule has 0 saturated carbocycles. The van der Waals surface area contributed by atoms with Gasteiger partial charge in [-0.3, -0.25) is 0 Å². The molecule has 1 N–H and O–H groups in total. The number of anilines is 2. The van der Waals surface area contributed by atoms with Crippen molar-refractivity contribution in [2.45, 2.75) is 127 Å². The molecule has 1 saturated heterocycles. The number of hydrogen-bond acceptors (Lipinski definition) is 9. The number of rotatable bonds is 3. The van der Waals surface area contributed by atoms with Crippen molar-refractivity contribution in [2.24, 2.45) is 0 Å². The van der Waals surface area contributed by atoms with E-state index >= 15 is 0 Å². The number of carbonyl (C=O) groups is 1. The van der Waals surface area contributed by atoms with Crippen molar-refractivity contribution in [3.8, 4) is 0 Å². The number of thiazole rings is 1. The molecule has 2 aliphatic rings. The average molecular weight is 711 g/mol. The van der Waals surface area contributed by atoms with Gasteiger partial charge in [0.05, 0.1) is 32.6 Å². The van der Waals surface area contributed by atoms with Gasteiger partial charge >= 0.3 is 13.2 Å². The van der Waals surface area contributed by atoms with Gasteiger partial charge in [-0.05, 0) is 104 Å². The van der Waals surface area contributed by atoms with Gasteiger partial charge in [0.15, 0.2) is 0 Å². The molecular formula is C38H59BN4O4S2.